The van der Waals surface area contributed by atoms with Gasteiger partial charge >= 0.3 is 11.9 Å². The van der Waals surface area contributed by atoms with Gasteiger partial charge in [-0.1, -0.05) is 0 Å². The Morgan fingerprint density at radius 3 is 1.53 bits per heavy atom. The van der Waals surface area contributed by atoms with Crippen LogP contribution < -0.4 is 5.73 Å². The summed E-state index contributed by atoms with van der Waals surface area (Å²) < 4.78 is 1.28. The first-order valence-corrected chi connectivity index (χ1v) is 6.83. The number of quaternary nitrogens is 1. The van der Waals surface area contributed by atoms with Gasteiger partial charge in [-0.25, -0.2) is 0 Å². The van der Waals surface area contributed by atoms with Crippen molar-refractivity contribution in [3.8, 4) is 0 Å². The maximum absolute atomic E-state index is 9.99. The van der Waals surface area contributed by atoms with E-state index in [1.54, 1.807) is 0 Å². The number of aliphatic carboxylic acids is 2. The number of nitrogens with two attached hydrogens (primary N) is 1. The van der Waals surface area contributed by atoms with Gasteiger partial charge in [-0.3, -0.25) is 9.59 Å². The first kappa shape index (κ1) is 20.2. The molecule has 0 rings (SSSR count). The molecule has 0 aromatic rings. The molecule has 6 heteroatoms. The monoisotopic (exact) mass is 277 g/mol. The summed E-state index contributed by atoms with van der Waals surface area (Å²) in [5, 5.41) is 16.3. The van der Waals surface area contributed by atoms with Gasteiger partial charge in [0.2, 0.25) is 0 Å². The molecule has 0 amide bonds. The number of hydrogen-bond acceptors (Lipinski definition) is 3. The van der Waals surface area contributed by atoms with Gasteiger partial charge < -0.3 is 20.4 Å². The Hall–Kier alpha value is -1.14. The zero-order valence-corrected chi connectivity index (χ0v) is 12.6. The highest BCUT2D eigenvalue weighted by molar-refractivity contribution is 5.74. The van der Waals surface area contributed by atoms with Gasteiger partial charge in [-0.15, -0.1) is 0 Å². The van der Waals surface area contributed by atoms with Crippen LogP contribution in [0.25, 0.3) is 0 Å². The van der Waals surface area contributed by atoms with Crippen molar-refractivity contribution >= 4 is 11.9 Å². The second-order valence-electron chi connectivity index (χ2n) is 4.48. The third-order valence-corrected chi connectivity index (χ3v) is 3.67. The number of carbonyl (C=O) groups is 2. The molecule has 0 fully saturated rings. The number of nitrogens with zero attached hydrogens (tertiary/aromatic N) is 1. The maximum atomic E-state index is 9.99. The van der Waals surface area contributed by atoms with Crippen molar-refractivity contribution in [2.75, 3.05) is 26.2 Å². The largest absolute Gasteiger partial charge is 0.481 e. The predicted molar refractivity (Wildman–Crippen MR) is 74.9 cm³/mol. The highest BCUT2D eigenvalue weighted by Crippen LogP contribution is 2.03. The average molecular weight is 277 g/mol. The Kier molecular flexibility index (Phi) is 11.4. The smallest absolute Gasteiger partial charge is 0.320 e. The van der Waals surface area contributed by atoms with E-state index in [-0.39, 0.29) is 12.8 Å². The highest BCUT2D eigenvalue weighted by Gasteiger charge is 2.16. The molecule has 0 bridgehead atoms. The molecule has 4 N–H and O–H groups in total. The fourth-order valence-electron chi connectivity index (χ4n) is 1.74. The Morgan fingerprint density at radius 2 is 1.37 bits per heavy atom. The van der Waals surface area contributed by atoms with Gasteiger partial charge in [-0.2, -0.15) is 0 Å². The lowest BCUT2D eigenvalue weighted by Gasteiger charge is -2.34. The lowest BCUT2D eigenvalue weighted by atomic mass is 10.2. The van der Waals surface area contributed by atoms with Gasteiger partial charge in [0.05, 0.1) is 26.2 Å². The van der Waals surface area contributed by atoms with Gasteiger partial charge in [0.25, 0.3) is 0 Å². The summed E-state index contributed by atoms with van der Waals surface area (Å²) in [5.74, 6) is -2.20. The average Bonchev–Trinajstić information content (AvgIpc) is 2.40. The van der Waals surface area contributed by atoms with Gasteiger partial charge in [0.15, 0.2) is 0 Å². The number of hydrogen-bond donors (Lipinski definition) is 3. The van der Waals surface area contributed by atoms with Crippen molar-refractivity contribution in [3.05, 3.63) is 0 Å². The second kappa shape index (κ2) is 10.8. The van der Waals surface area contributed by atoms with Crippen LogP contribution in [0.2, 0.25) is 0 Å². The van der Waals surface area contributed by atoms with Crippen molar-refractivity contribution < 1.29 is 24.3 Å². The zero-order valence-electron chi connectivity index (χ0n) is 12.6. The normalized spacial score (nSPS) is 12.3. The fourth-order valence-corrected chi connectivity index (χ4v) is 1.74. The number of rotatable bonds is 8. The van der Waals surface area contributed by atoms with Crippen LogP contribution in [-0.2, 0) is 9.59 Å². The Bertz CT molecular complexity index is 248. The third kappa shape index (κ3) is 9.44. The highest BCUT2D eigenvalue weighted by atomic mass is 16.4. The van der Waals surface area contributed by atoms with Gasteiger partial charge in [0, 0.05) is 6.42 Å². The molecule has 114 valence electrons. The van der Waals surface area contributed by atoms with Crippen molar-refractivity contribution in [3.63, 3.8) is 0 Å². The molecule has 0 aliphatic carbocycles. The molecule has 19 heavy (non-hydrogen) atoms. The van der Waals surface area contributed by atoms with Crippen LogP contribution in [-0.4, -0.2) is 58.9 Å². The molecule has 1 atom stereocenters. The second-order valence-corrected chi connectivity index (χ2v) is 4.48. The summed E-state index contributed by atoms with van der Waals surface area (Å²) in [4.78, 5) is 19.9. The number of carboxylic acids is 2. The van der Waals surface area contributed by atoms with Crippen molar-refractivity contribution in [1.29, 1.82) is 0 Å². The molecule has 0 spiro atoms. The van der Waals surface area contributed by atoms with Crippen LogP contribution in [0.3, 0.4) is 0 Å². The van der Waals surface area contributed by atoms with Gasteiger partial charge in [0.1, 0.15) is 6.04 Å². The van der Waals surface area contributed by atoms with Crippen LogP contribution in [0, 0.1) is 0 Å². The van der Waals surface area contributed by atoms with E-state index < -0.39 is 18.0 Å². The molecule has 0 heterocycles. The van der Waals surface area contributed by atoms with E-state index in [0.29, 0.717) is 0 Å². The molecular formula is C13H29N2O4+. The van der Waals surface area contributed by atoms with E-state index in [2.05, 4.69) is 27.7 Å². The quantitative estimate of drug-likeness (QED) is 0.578. The van der Waals surface area contributed by atoms with Crippen LogP contribution in [0.15, 0.2) is 0 Å². The van der Waals surface area contributed by atoms with E-state index in [1.807, 2.05) is 0 Å². The summed E-state index contributed by atoms with van der Waals surface area (Å²) in [5.41, 5.74) is 5.00. The summed E-state index contributed by atoms with van der Waals surface area (Å²) in [6, 6.07) is -1.06. The van der Waals surface area contributed by atoms with Crippen molar-refractivity contribution in [2.45, 2.75) is 46.6 Å². The number of carboxylic acid groups (broad SMARTS) is 2. The molecule has 0 radical (unpaired) electrons. The first-order chi connectivity index (χ1) is 8.78. The maximum Gasteiger partial charge on any atom is 0.320 e. The summed E-state index contributed by atoms with van der Waals surface area (Å²) in [7, 11) is 0. The minimum Gasteiger partial charge on any atom is -0.481 e. The topological polar surface area (TPSA) is 101 Å². The molecule has 0 aliphatic rings. The standard InChI is InChI=1S/C8H20N.C5H9NO4/c1-5-9(6-2,7-3)8-4;6-3(5(9)10)1-2-4(7)8/h5-8H2,1-4H3;3H,1-2,6H2,(H,7,8)(H,9,10)/q+1;. The SMILES string of the molecule is CC[N+](CC)(CC)CC.NC(CCC(=O)O)C(=O)O. The molecule has 0 aliphatic heterocycles. The van der Waals surface area contributed by atoms with Crippen LogP contribution >= 0.6 is 0 Å². The first-order valence-electron chi connectivity index (χ1n) is 6.83. The fraction of sp³-hybridized carbons (Fsp3) is 0.846. The van der Waals surface area contributed by atoms with Crippen LogP contribution in [0.4, 0.5) is 0 Å². The van der Waals surface area contributed by atoms with Gasteiger partial charge in [-0.05, 0) is 34.1 Å². The predicted octanol–water partition coefficient (Wildman–Crippen LogP) is 1.15. The molecule has 0 aromatic heterocycles. The van der Waals surface area contributed by atoms with E-state index in [9.17, 15) is 9.59 Å². The van der Waals surface area contributed by atoms with Crippen molar-refractivity contribution in [1.82, 2.24) is 0 Å². The Labute approximate surface area is 115 Å². The third-order valence-electron chi connectivity index (χ3n) is 3.67. The Balaban J connectivity index is 0. The van der Waals surface area contributed by atoms with Crippen molar-refractivity contribution in [2.24, 2.45) is 5.73 Å². The minimum absolute atomic E-state index is 0.0231. The molecule has 0 saturated carbocycles. The lowest BCUT2D eigenvalue weighted by Crippen LogP contribution is -2.47. The zero-order chi connectivity index (χ0) is 15.5. The molecule has 1 unspecified atom stereocenters. The molecular weight excluding hydrogens is 248 g/mol. The molecule has 6 nitrogen and oxygen atoms in total. The summed E-state index contributed by atoms with van der Waals surface area (Å²) in [6.07, 6.45) is -0.224. The summed E-state index contributed by atoms with van der Waals surface area (Å²) >= 11 is 0. The Morgan fingerprint density at radius 1 is 1.00 bits per heavy atom. The molecule has 0 saturated heterocycles. The van der Waals surface area contributed by atoms with E-state index in [0.717, 1.165) is 0 Å². The van der Waals surface area contributed by atoms with E-state index in [4.69, 9.17) is 15.9 Å². The minimum atomic E-state index is -1.17. The van der Waals surface area contributed by atoms with E-state index in [1.165, 1.54) is 30.7 Å². The van der Waals surface area contributed by atoms with Crippen LogP contribution in [0.5, 0.6) is 0 Å². The lowest BCUT2D eigenvalue weighted by molar-refractivity contribution is -0.921. The summed E-state index contributed by atoms with van der Waals surface area (Å²) in [6.45, 7) is 14.2. The van der Waals surface area contributed by atoms with Crippen LogP contribution in [0.1, 0.15) is 40.5 Å². The van der Waals surface area contributed by atoms with E-state index >= 15 is 0 Å². The molecule has 0 aromatic carbocycles.